The quantitative estimate of drug-likeness (QED) is 0.790. The van der Waals surface area contributed by atoms with E-state index in [4.69, 9.17) is 4.74 Å². The van der Waals surface area contributed by atoms with Crippen molar-refractivity contribution in [2.24, 2.45) is 0 Å². The van der Waals surface area contributed by atoms with E-state index in [1.54, 1.807) is 6.92 Å². The lowest BCUT2D eigenvalue weighted by Gasteiger charge is -2.06. The molecule has 0 aliphatic carbocycles. The minimum absolute atomic E-state index is 0.0545. The van der Waals surface area contributed by atoms with Crippen molar-refractivity contribution in [3.8, 4) is 0 Å². The van der Waals surface area contributed by atoms with Crippen molar-refractivity contribution in [1.29, 1.82) is 0 Å². The van der Waals surface area contributed by atoms with Crippen molar-refractivity contribution in [3.05, 3.63) is 34.2 Å². The lowest BCUT2D eigenvalue weighted by molar-refractivity contribution is -0.137. The van der Waals surface area contributed by atoms with E-state index in [1.165, 1.54) is 6.07 Å². The molecule has 0 aliphatic heterocycles. The molecule has 0 bridgehead atoms. The van der Waals surface area contributed by atoms with Crippen molar-refractivity contribution in [1.82, 2.24) is 9.38 Å². The standard InChI is InChI=1S/C11H8BrF3N2O2/c1-2-19-10(18)8-9(12)17-5-6(11(13,14)15)3-4-7(17)16-8/h3-5H,2H2,1H3. The van der Waals surface area contributed by atoms with E-state index in [0.717, 1.165) is 16.7 Å². The Morgan fingerprint density at radius 2 is 2.16 bits per heavy atom. The molecule has 2 heterocycles. The summed E-state index contributed by atoms with van der Waals surface area (Å²) in [6.45, 7) is 1.79. The van der Waals surface area contributed by atoms with Gasteiger partial charge in [-0.05, 0) is 35.0 Å². The highest BCUT2D eigenvalue weighted by Gasteiger charge is 2.31. The molecule has 2 aromatic heterocycles. The maximum atomic E-state index is 12.6. The molecule has 0 atom stereocenters. The Kier molecular flexibility index (Phi) is 3.53. The van der Waals surface area contributed by atoms with Crippen molar-refractivity contribution in [2.45, 2.75) is 13.1 Å². The second-order valence-corrected chi connectivity index (χ2v) is 4.37. The van der Waals surface area contributed by atoms with Crippen molar-refractivity contribution >= 4 is 27.5 Å². The van der Waals surface area contributed by atoms with Gasteiger partial charge in [0, 0.05) is 6.20 Å². The SMILES string of the molecule is CCOC(=O)c1nc2ccc(C(F)(F)F)cn2c1Br. The largest absolute Gasteiger partial charge is 0.461 e. The number of rotatable bonds is 2. The first-order valence-corrected chi connectivity index (χ1v) is 6.05. The number of hydrogen-bond donors (Lipinski definition) is 0. The van der Waals surface area contributed by atoms with E-state index in [9.17, 15) is 18.0 Å². The van der Waals surface area contributed by atoms with Gasteiger partial charge in [-0.25, -0.2) is 9.78 Å². The van der Waals surface area contributed by atoms with E-state index >= 15 is 0 Å². The number of ether oxygens (including phenoxy) is 1. The summed E-state index contributed by atoms with van der Waals surface area (Å²) in [6, 6.07) is 2.10. The van der Waals surface area contributed by atoms with E-state index in [0.29, 0.717) is 0 Å². The molecule has 0 unspecified atom stereocenters. The normalized spacial score (nSPS) is 11.8. The Balaban J connectivity index is 2.55. The second-order valence-electron chi connectivity index (χ2n) is 3.62. The maximum Gasteiger partial charge on any atom is 0.417 e. The van der Waals surface area contributed by atoms with Gasteiger partial charge in [0.2, 0.25) is 0 Å². The van der Waals surface area contributed by atoms with E-state index in [2.05, 4.69) is 20.9 Å². The summed E-state index contributed by atoms with van der Waals surface area (Å²) in [4.78, 5) is 15.5. The fourth-order valence-electron chi connectivity index (χ4n) is 1.51. The molecule has 0 aromatic carbocycles. The Morgan fingerprint density at radius 1 is 1.47 bits per heavy atom. The number of carbonyl (C=O) groups is 1. The Labute approximate surface area is 114 Å². The van der Waals surface area contributed by atoms with E-state index < -0.39 is 17.7 Å². The molecule has 19 heavy (non-hydrogen) atoms. The zero-order valence-corrected chi connectivity index (χ0v) is 11.2. The highest BCUT2D eigenvalue weighted by Crippen LogP contribution is 2.30. The third-order valence-corrected chi connectivity index (χ3v) is 3.11. The van der Waals surface area contributed by atoms with E-state index in [1.807, 2.05) is 0 Å². The number of carbonyl (C=O) groups excluding carboxylic acids is 1. The summed E-state index contributed by atoms with van der Waals surface area (Å²) in [6.07, 6.45) is -3.59. The summed E-state index contributed by atoms with van der Waals surface area (Å²) in [5, 5.41) is 0. The monoisotopic (exact) mass is 336 g/mol. The molecule has 0 fully saturated rings. The number of imidazole rings is 1. The Morgan fingerprint density at radius 3 is 2.74 bits per heavy atom. The van der Waals surface area contributed by atoms with Gasteiger partial charge < -0.3 is 4.74 Å². The predicted molar refractivity (Wildman–Crippen MR) is 63.9 cm³/mol. The summed E-state index contributed by atoms with van der Waals surface area (Å²) in [5.41, 5.74) is -0.655. The number of fused-ring (bicyclic) bond motifs is 1. The summed E-state index contributed by atoms with van der Waals surface area (Å²) in [7, 11) is 0. The number of pyridine rings is 1. The molecule has 8 heteroatoms. The Hall–Kier alpha value is -1.57. The second kappa shape index (κ2) is 4.84. The predicted octanol–water partition coefficient (Wildman–Crippen LogP) is 3.29. The first-order chi connectivity index (χ1) is 8.84. The highest BCUT2D eigenvalue weighted by molar-refractivity contribution is 9.10. The van der Waals surface area contributed by atoms with Gasteiger partial charge in [0.25, 0.3) is 0 Å². The first kappa shape index (κ1) is 13.9. The smallest absolute Gasteiger partial charge is 0.417 e. The molecule has 102 valence electrons. The average Bonchev–Trinajstić information content (AvgIpc) is 2.66. The molecular weight excluding hydrogens is 329 g/mol. The third kappa shape index (κ3) is 2.58. The number of esters is 1. The number of nitrogens with zero attached hydrogens (tertiary/aromatic N) is 2. The summed E-state index contributed by atoms with van der Waals surface area (Å²) >= 11 is 3.06. The highest BCUT2D eigenvalue weighted by atomic mass is 79.9. The van der Waals surface area contributed by atoms with Gasteiger partial charge in [-0.2, -0.15) is 13.2 Å². The zero-order chi connectivity index (χ0) is 14.2. The number of aromatic nitrogens is 2. The molecule has 0 saturated carbocycles. The van der Waals surface area contributed by atoms with Gasteiger partial charge in [-0.1, -0.05) is 0 Å². The number of alkyl halides is 3. The van der Waals surface area contributed by atoms with E-state index in [-0.39, 0.29) is 22.6 Å². The topological polar surface area (TPSA) is 43.6 Å². The molecule has 0 N–H and O–H groups in total. The molecule has 0 spiro atoms. The minimum Gasteiger partial charge on any atom is -0.461 e. The van der Waals surface area contributed by atoms with Gasteiger partial charge in [0.1, 0.15) is 10.3 Å². The van der Waals surface area contributed by atoms with Gasteiger partial charge in [-0.15, -0.1) is 0 Å². The molecule has 0 saturated heterocycles. The fourth-order valence-corrected chi connectivity index (χ4v) is 2.05. The average molecular weight is 337 g/mol. The molecule has 0 aliphatic rings. The van der Waals surface area contributed by atoms with Gasteiger partial charge in [0.15, 0.2) is 5.69 Å². The third-order valence-electron chi connectivity index (χ3n) is 2.36. The van der Waals surface area contributed by atoms with Crippen LogP contribution in [0.2, 0.25) is 0 Å². The Bertz CT molecular complexity index is 637. The van der Waals surface area contributed by atoms with Gasteiger partial charge >= 0.3 is 12.1 Å². The van der Waals surface area contributed by atoms with Crippen LogP contribution in [0.25, 0.3) is 5.65 Å². The molecule has 4 nitrogen and oxygen atoms in total. The number of hydrogen-bond acceptors (Lipinski definition) is 3. The lowest BCUT2D eigenvalue weighted by Crippen LogP contribution is -2.06. The molecular formula is C11H8BrF3N2O2. The lowest BCUT2D eigenvalue weighted by atomic mass is 10.3. The first-order valence-electron chi connectivity index (χ1n) is 5.26. The van der Waals surface area contributed by atoms with Crippen LogP contribution < -0.4 is 0 Å². The van der Waals surface area contributed by atoms with Crippen molar-refractivity contribution in [2.75, 3.05) is 6.61 Å². The van der Waals surface area contributed by atoms with Crippen LogP contribution in [0.1, 0.15) is 23.0 Å². The van der Waals surface area contributed by atoms with Crippen LogP contribution in [-0.4, -0.2) is 22.0 Å². The minimum atomic E-state index is -4.46. The van der Waals surface area contributed by atoms with Crippen LogP contribution in [0.5, 0.6) is 0 Å². The number of halogens is 4. The van der Waals surface area contributed by atoms with Gasteiger partial charge in [0.05, 0.1) is 12.2 Å². The molecule has 0 amide bonds. The van der Waals surface area contributed by atoms with Crippen LogP contribution in [-0.2, 0) is 10.9 Å². The fraction of sp³-hybridized carbons (Fsp3) is 0.273. The van der Waals surface area contributed by atoms with Crippen molar-refractivity contribution in [3.63, 3.8) is 0 Å². The molecule has 2 rings (SSSR count). The molecule has 2 aromatic rings. The summed E-state index contributed by atoms with van der Waals surface area (Å²) < 4.78 is 43.8. The van der Waals surface area contributed by atoms with Crippen LogP contribution in [0, 0.1) is 0 Å². The van der Waals surface area contributed by atoms with Gasteiger partial charge in [-0.3, -0.25) is 4.40 Å². The summed E-state index contributed by atoms with van der Waals surface area (Å²) in [5.74, 6) is -0.688. The van der Waals surface area contributed by atoms with Crippen LogP contribution in [0.3, 0.4) is 0 Å². The zero-order valence-electron chi connectivity index (χ0n) is 9.66. The van der Waals surface area contributed by atoms with Crippen LogP contribution in [0.15, 0.2) is 22.9 Å². The van der Waals surface area contributed by atoms with Crippen LogP contribution >= 0.6 is 15.9 Å². The van der Waals surface area contributed by atoms with Crippen molar-refractivity contribution < 1.29 is 22.7 Å². The molecule has 0 radical (unpaired) electrons. The van der Waals surface area contributed by atoms with Crippen LogP contribution in [0.4, 0.5) is 13.2 Å². The maximum absolute atomic E-state index is 12.6.